The first kappa shape index (κ1) is 13.8. The Bertz CT molecular complexity index is 847. The molecule has 0 aliphatic carbocycles. The van der Waals surface area contributed by atoms with Crippen LogP contribution in [0.2, 0.25) is 0 Å². The van der Waals surface area contributed by atoms with E-state index >= 15 is 0 Å². The quantitative estimate of drug-likeness (QED) is 0.734. The number of para-hydroxylation sites is 2. The van der Waals surface area contributed by atoms with Gasteiger partial charge in [-0.25, -0.2) is 0 Å². The summed E-state index contributed by atoms with van der Waals surface area (Å²) in [7, 11) is 2.01. The topological polar surface area (TPSA) is 64.8 Å². The van der Waals surface area contributed by atoms with E-state index in [0.717, 1.165) is 28.5 Å². The molecule has 1 unspecified atom stereocenters. The molecule has 1 aromatic carbocycles. The molecule has 1 atom stereocenters. The summed E-state index contributed by atoms with van der Waals surface area (Å²) in [6, 6.07) is 9.73. The summed E-state index contributed by atoms with van der Waals surface area (Å²) in [6.45, 7) is 3.15. The molecule has 118 valence electrons. The number of rotatable bonds is 3. The first-order chi connectivity index (χ1) is 11.2. The molecule has 0 spiro atoms. The van der Waals surface area contributed by atoms with Crippen LogP contribution in [0.15, 0.2) is 36.7 Å². The number of hydrogen-bond donors (Lipinski definition) is 0. The lowest BCUT2D eigenvalue weighted by Crippen LogP contribution is -2.39. The van der Waals surface area contributed by atoms with Gasteiger partial charge in [-0.1, -0.05) is 12.1 Å². The summed E-state index contributed by atoms with van der Waals surface area (Å²) in [4.78, 5) is 2.10. The number of nitrogens with zero attached hydrogens (tertiary/aromatic N) is 5. The van der Waals surface area contributed by atoms with Crippen LogP contribution in [0.4, 0.5) is 5.69 Å². The average Bonchev–Trinajstić information content (AvgIpc) is 3.02. The van der Waals surface area contributed by atoms with E-state index in [0.29, 0.717) is 13.2 Å². The Morgan fingerprint density at radius 1 is 1.30 bits per heavy atom. The number of likely N-dealkylation sites (N-methyl/N-ethyl adjacent to an activating group) is 1. The minimum atomic E-state index is -0.0497. The first-order valence-corrected chi connectivity index (χ1v) is 7.48. The van der Waals surface area contributed by atoms with E-state index in [4.69, 9.17) is 9.47 Å². The summed E-state index contributed by atoms with van der Waals surface area (Å²) in [5, 5.41) is 12.4. The van der Waals surface area contributed by atoms with Crippen molar-refractivity contribution in [3.05, 3.63) is 42.4 Å². The molecule has 23 heavy (non-hydrogen) atoms. The molecule has 2 aromatic heterocycles. The van der Waals surface area contributed by atoms with Gasteiger partial charge in [0.15, 0.2) is 17.6 Å². The maximum atomic E-state index is 6.02. The molecule has 1 aliphatic heterocycles. The Balaban J connectivity index is 1.56. The van der Waals surface area contributed by atoms with E-state index < -0.39 is 0 Å². The van der Waals surface area contributed by atoms with Gasteiger partial charge in [0, 0.05) is 7.05 Å². The Kier molecular flexibility index (Phi) is 3.25. The van der Waals surface area contributed by atoms with Gasteiger partial charge >= 0.3 is 0 Å². The summed E-state index contributed by atoms with van der Waals surface area (Å²) < 4.78 is 13.5. The highest BCUT2D eigenvalue weighted by molar-refractivity contribution is 5.67. The molecule has 0 saturated carbocycles. The molecular formula is C16H17N5O2. The fourth-order valence-corrected chi connectivity index (χ4v) is 2.77. The third-order valence-electron chi connectivity index (χ3n) is 3.83. The van der Waals surface area contributed by atoms with Crippen LogP contribution < -0.4 is 14.4 Å². The van der Waals surface area contributed by atoms with Gasteiger partial charge in [0.2, 0.25) is 5.65 Å². The minimum Gasteiger partial charge on any atom is -0.486 e. The van der Waals surface area contributed by atoms with E-state index in [1.54, 1.807) is 10.8 Å². The molecule has 7 heteroatoms. The molecule has 0 bridgehead atoms. The SMILES string of the molecule is Cc1cc(N(C)CC2COc3ccccc3O2)c2nncn2n1. The van der Waals surface area contributed by atoms with Crippen LogP contribution in [0.1, 0.15) is 5.69 Å². The average molecular weight is 311 g/mol. The smallest absolute Gasteiger partial charge is 0.200 e. The number of anilines is 1. The van der Waals surface area contributed by atoms with Gasteiger partial charge in [-0.15, -0.1) is 10.2 Å². The predicted molar refractivity (Wildman–Crippen MR) is 85.1 cm³/mol. The zero-order chi connectivity index (χ0) is 15.8. The molecule has 7 nitrogen and oxygen atoms in total. The van der Waals surface area contributed by atoms with E-state index in [-0.39, 0.29) is 6.10 Å². The van der Waals surface area contributed by atoms with Crippen LogP contribution in [-0.2, 0) is 0 Å². The third kappa shape index (κ3) is 2.54. The maximum Gasteiger partial charge on any atom is 0.200 e. The summed E-state index contributed by atoms with van der Waals surface area (Å²) in [5.41, 5.74) is 2.61. The van der Waals surface area contributed by atoms with Gasteiger partial charge in [-0.3, -0.25) is 0 Å². The highest BCUT2D eigenvalue weighted by Crippen LogP contribution is 2.31. The van der Waals surface area contributed by atoms with Crippen molar-refractivity contribution < 1.29 is 9.47 Å². The summed E-state index contributed by atoms with van der Waals surface area (Å²) >= 11 is 0. The van der Waals surface area contributed by atoms with Crippen LogP contribution in [-0.4, -0.2) is 46.1 Å². The predicted octanol–water partition coefficient (Wildman–Crippen LogP) is 1.71. The molecule has 4 rings (SSSR count). The van der Waals surface area contributed by atoms with Gasteiger partial charge in [-0.05, 0) is 25.1 Å². The molecular weight excluding hydrogens is 294 g/mol. The lowest BCUT2D eigenvalue weighted by atomic mass is 10.2. The van der Waals surface area contributed by atoms with Gasteiger partial charge in [0.05, 0.1) is 17.9 Å². The number of ether oxygens (including phenoxy) is 2. The molecule has 0 amide bonds. The lowest BCUT2D eigenvalue weighted by molar-refractivity contribution is 0.0960. The van der Waals surface area contributed by atoms with E-state index in [2.05, 4.69) is 20.2 Å². The molecule has 0 N–H and O–H groups in total. The van der Waals surface area contributed by atoms with Gasteiger partial charge in [0.1, 0.15) is 12.9 Å². The second kappa shape index (κ2) is 5.42. The molecule has 0 fully saturated rings. The van der Waals surface area contributed by atoms with Crippen molar-refractivity contribution >= 4 is 11.3 Å². The van der Waals surface area contributed by atoms with Gasteiger partial charge in [-0.2, -0.15) is 9.61 Å². The number of hydrogen-bond acceptors (Lipinski definition) is 6. The van der Waals surface area contributed by atoms with Crippen LogP contribution in [0.25, 0.3) is 5.65 Å². The van der Waals surface area contributed by atoms with Crippen molar-refractivity contribution in [2.45, 2.75) is 13.0 Å². The normalized spacial score (nSPS) is 16.5. The highest BCUT2D eigenvalue weighted by atomic mass is 16.6. The first-order valence-electron chi connectivity index (χ1n) is 7.48. The van der Waals surface area contributed by atoms with E-state index in [1.807, 2.05) is 44.3 Å². The number of aromatic nitrogens is 4. The fourth-order valence-electron chi connectivity index (χ4n) is 2.77. The summed E-state index contributed by atoms with van der Waals surface area (Å²) in [5.74, 6) is 1.58. The highest BCUT2D eigenvalue weighted by Gasteiger charge is 2.23. The molecule has 1 aliphatic rings. The van der Waals surface area contributed by atoms with Crippen molar-refractivity contribution in [2.75, 3.05) is 25.1 Å². The van der Waals surface area contributed by atoms with E-state index in [9.17, 15) is 0 Å². The fraction of sp³-hybridized carbons (Fsp3) is 0.312. The molecule has 0 saturated heterocycles. The molecule has 0 radical (unpaired) electrons. The molecule has 3 heterocycles. The van der Waals surface area contributed by atoms with Crippen LogP contribution in [0.3, 0.4) is 0 Å². The standard InChI is InChI=1S/C16H17N5O2/c1-11-7-13(16-18-17-10-21(16)19-11)20(2)8-12-9-22-14-5-3-4-6-15(14)23-12/h3-7,10,12H,8-9H2,1-2H3. The third-order valence-corrected chi connectivity index (χ3v) is 3.83. The Hall–Kier alpha value is -2.83. The van der Waals surface area contributed by atoms with Crippen molar-refractivity contribution in [3.63, 3.8) is 0 Å². The minimum absolute atomic E-state index is 0.0497. The zero-order valence-electron chi connectivity index (χ0n) is 13.0. The van der Waals surface area contributed by atoms with Gasteiger partial charge in [0.25, 0.3) is 0 Å². The lowest BCUT2D eigenvalue weighted by Gasteiger charge is -2.30. The monoisotopic (exact) mass is 311 g/mol. The van der Waals surface area contributed by atoms with Crippen molar-refractivity contribution in [1.29, 1.82) is 0 Å². The van der Waals surface area contributed by atoms with Crippen LogP contribution in [0.5, 0.6) is 11.5 Å². The Labute approximate surface area is 133 Å². The van der Waals surface area contributed by atoms with Gasteiger partial charge < -0.3 is 14.4 Å². The van der Waals surface area contributed by atoms with Crippen molar-refractivity contribution in [3.8, 4) is 11.5 Å². The largest absolute Gasteiger partial charge is 0.486 e. The Morgan fingerprint density at radius 3 is 3.00 bits per heavy atom. The van der Waals surface area contributed by atoms with Crippen molar-refractivity contribution in [2.24, 2.45) is 0 Å². The second-order valence-electron chi connectivity index (χ2n) is 5.65. The number of benzene rings is 1. The summed E-state index contributed by atoms with van der Waals surface area (Å²) in [6.07, 6.45) is 1.56. The van der Waals surface area contributed by atoms with Crippen LogP contribution >= 0.6 is 0 Å². The van der Waals surface area contributed by atoms with E-state index in [1.165, 1.54) is 0 Å². The second-order valence-corrected chi connectivity index (χ2v) is 5.65. The van der Waals surface area contributed by atoms with Crippen molar-refractivity contribution in [1.82, 2.24) is 19.8 Å². The number of aryl methyl sites for hydroxylation is 1. The molecule has 3 aromatic rings. The number of fused-ring (bicyclic) bond motifs is 2. The Morgan fingerprint density at radius 2 is 2.13 bits per heavy atom. The zero-order valence-corrected chi connectivity index (χ0v) is 13.0. The van der Waals surface area contributed by atoms with Crippen LogP contribution in [0, 0.1) is 6.92 Å². The maximum absolute atomic E-state index is 6.02.